The number of rotatable bonds is 6. The molecule has 0 spiro atoms. The Bertz CT molecular complexity index is 1120. The lowest BCUT2D eigenvalue weighted by atomic mass is 10.1. The Morgan fingerprint density at radius 2 is 1.81 bits per heavy atom. The highest BCUT2D eigenvalue weighted by Crippen LogP contribution is 2.32. The van der Waals surface area contributed by atoms with Gasteiger partial charge in [0.2, 0.25) is 0 Å². The number of carbonyl (C=O) groups is 1. The molecule has 31 heavy (non-hydrogen) atoms. The summed E-state index contributed by atoms with van der Waals surface area (Å²) >= 11 is 0. The molecule has 1 aromatic heterocycles. The fourth-order valence-electron chi connectivity index (χ4n) is 3.66. The van der Waals surface area contributed by atoms with Crippen LogP contribution in [-0.2, 0) is 12.6 Å². The molecule has 0 aliphatic carbocycles. The lowest BCUT2D eigenvalue weighted by Gasteiger charge is -2.20. The number of aromatic carboxylic acids is 1. The average molecular weight is 432 g/mol. The lowest BCUT2D eigenvalue weighted by molar-refractivity contribution is -0.137. The molecule has 3 aromatic rings. The van der Waals surface area contributed by atoms with Crippen LogP contribution in [0.2, 0.25) is 0 Å². The van der Waals surface area contributed by atoms with Gasteiger partial charge >= 0.3 is 12.1 Å². The fraction of sp³-hybridized carbons (Fsp3) is 0.261. The Labute approximate surface area is 178 Å². The molecule has 0 aliphatic heterocycles. The molecule has 0 radical (unpaired) electrons. The topological polar surface area (TPSA) is 65.7 Å². The Kier molecular flexibility index (Phi) is 6.01. The largest absolute Gasteiger partial charge is 0.507 e. The van der Waals surface area contributed by atoms with Crippen LogP contribution >= 0.6 is 0 Å². The zero-order chi connectivity index (χ0) is 22.9. The van der Waals surface area contributed by atoms with E-state index in [1.54, 1.807) is 24.1 Å². The smallest absolute Gasteiger partial charge is 0.416 e. The van der Waals surface area contributed by atoms with Crippen LogP contribution < -0.4 is 4.90 Å². The summed E-state index contributed by atoms with van der Waals surface area (Å²) in [5.41, 5.74) is 3.09. The minimum Gasteiger partial charge on any atom is -0.507 e. The van der Waals surface area contributed by atoms with Gasteiger partial charge in [0.25, 0.3) is 0 Å². The van der Waals surface area contributed by atoms with E-state index in [1.165, 1.54) is 18.2 Å². The molecule has 0 aliphatic rings. The minimum atomic E-state index is -4.39. The molecule has 0 saturated carbocycles. The van der Waals surface area contributed by atoms with Crippen molar-refractivity contribution < 1.29 is 28.2 Å². The number of carboxylic acid groups (broad SMARTS) is 1. The van der Waals surface area contributed by atoms with Crippen molar-refractivity contribution in [2.45, 2.75) is 26.4 Å². The molecule has 0 saturated heterocycles. The molecular formula is C23H23F3N2O3. The fourth-order valence-corrected chi connectivity index (χ4v) is 3.66. The van der Waals surface area contributed by atoms with Gasteiger partial charge in [-0.25, -0.2) is 4.79 Å². The SMILES string of the molecule is Cc1cc(CCN(C)c2cccc(C(F)(F)F)c2)c(C)n1-c1ccc(C(=O)O)c(O)c1. The van der Waals surface area contributed by atoms with Crippen LogP contribution in [0.5, 0.6) is 5.75 Å². The molecule has 5 nitrogen and oxygen atoms in total. The number of aryl methyl sites for hydroxylation is 1. The maximum atomic E-state index is 13.0. The van der Waals surface area contributed by atoms with Crippen LogP contribution in [0, 0.1) is 13.8 Å². The van der Waals surface area contributed by atoms with Gasteiger partial charge in [-0.05, 0) is 62.2 Å². The summed E-state index contributed by atoms with van der Waals surface area (Å²) in [6, 6.07) is 11.6. The van der Waals surface area contributed by atoms with E-state index in [2.05, 4.69) is 0 Å². The second-order valence-corrected chi connectivity index (χ2v) is 7.46. The number of aromatic nitrogens is 1. The number of hydrogen-bond donors (Lipinski definition) is 2. The van der Waals surface area contributed by atoms with Gasteiger partial charge in [-0.2, -0.15) is 13.2 Å². The third-order valence-electron chi connectivity index (χ3n) is 5.34. The molecule has 0 amide bonds. The zero-order valence-corrected chi connectivity index (χ0v) is 17.4. The van der Waals surface area contributed by atoms with E-state index in [1.807, 2.05) is 24.5 Å². The summed E-state index contributed by atoms with van der Waals surface area (Å²) in [4.78, 5) is 12.9. The molecule has 1 heterocycles. The third kappa shape index (κ3) is 4.68. The van der Waals surface area contributed by atoms with E-state index in [-0.39, 0.29) is 11.3 Å². The van der Waals surface area contributed by atoms with Crippen molar-refractivity contribution in [3.63, 3.8) is 0 Å². The molecular weight excluding hydrogens is 409 g/mol. The first-order valence-corrected chi connectivity index (χ1v) is 9.62. The normalized spacial score (nSPS) is 11.5. The minimum absolute atomic E-state index is 0.172. The molecule has 0 unspecified atom stereocenters. The van der Waals surface area contributed by atoms with Gasteiger partial charge in [-0.1, -0.05) is 6.07 Å². The maximum absolute atomic E-state index is 13.0. The van der Waals surface area contributed by atoms with E-state index in [0.29, 0.717) is 24.3 Å². The number of aromatic hydroxyl groups is 1. The van der Waals surface area contributed by atoms with Crippen molar-refractivity contribution in [3.05, 3.63) is 76.6 Å². The van der Waals surface area contributed by atoms with Gasteiger partial charge in [0.05, 0.1) is 5.56 Å². The molecule has 0 fully saturated rings. The van der Waals surface area contributed by atoms with Crippen LogP contribution in [0.15, 0.2) is 48.5 Å². The van der Waals surface area contributed by atoms with E-state index in [0.717, 1.165) is 29.1 Å². The number of nitrogens with zero attached hydrogens (tertiary/aromatic N) is 2. The highest BCUT2D eigenvalue weighted by molar-refractivity contribution is 5.91. The second-order valence-electron chi connectivity index (χ2n) is 7.46. The summed E-state index contributed by atoms with van der Waals surface area (Å²) in [5, 5.41) is 19.1. The maximum Gasteiger partial charge on any atom is 0.416 e. The van der Waals surface area contributed by atoms with Crippen molar-refractivity contribution >= 4 is 11.7 Å². The molecule has 8 heteroatoms. The summed E-state index contributed by atoms with van der Waals surface area (Å²) in [5.74, 6) is -1.52. The predicted octanol–water partition coefficient (Wildman–Crippen LogP) is 5.20. The molecule has 0 atom stereocenters. The first kappa shape index (κ1) is 22.3. The number of anilines is 1. The van der Waals surface area contributed by atoms with Gasteiger partial charge in [0.1, 0.15) is 11.3 Å². The molecule has 2 N–H and O–H groups in total. The van der Waals surface area contributed by atoms with Gasteiger partial charge in [-0.3, -0.25) is 0 Å². The van der Waals surface area contributed by atoms with Crippen LogP contribution in [-0.4, -0.2) is 34.3 Å². The molecule has 2 aromatic carbocycles. The van der Waals surface area contributed by atoms with Gasteiger partial charge in [0.15, 0.2) is 0 Å². The van der Waals surface area contributed by atoms with Crippen molar-refractivity contribution in [2.24, 2.45) is 0 Å². The number of hydrogen-bond acceptors (Lipinski definition) is 3. The Balaban J connectivity index is 1.80. The second kappa shape index (κ2) is 8.37. The number of phenols is 1. The highest BCUT2D eigenvalue weighted by Gasteiger charge is 2.30. The van der Waals surface area contributed by atoms with Crippen molar-refractivity contribution in [1.29, 1.82) is 0 Å². The first-order valence-electron chi connectivity index (χ1n) is 9.62. The third-order valence-corrected chi connectivity index (χ3v) is 5.34. The Hall–Kier alpha value is -3.42. The predicted molar refractivity (Wildman–Crippen MR) is 112 cm³/mol. The number of halogens is 3. The van der Waals surface area contributed by atoms with Crippen LogP contribution in [0.4, 0.5) is 18.9 Å². The summed E-state index contributed by atoms with van der Waals surface area (Å²) < 4.78 is 40.8. The number of benzene rings is 2. The van der Waals surface area contributed by atoms with Crippen molar-refractivity contribution in [3.8, 4) is 11.4 Å². The molecule has 164 valence electrons. The van der Waals surface area contributed by atoms with Crippen LogP contribution in [0.25, 0.3) is 5.69 Å². The first-order chi connectivity index (χ1) is 14.5. The summed E-state index contributed by atoms with van der Waals surface area (Å²) in [6.45, 7) is 4.32. The number of carboxylic acids is 1. The van der Waals surface area contributed by atoms with Gasteiger partial charge < -0.3 is 19.7 Å². The lowest BCUT2D eigenvalue weighted by Crippen LogP contribution is -2.21. The van der Waals surface area contributed by atoms with E-state index < -0.39 is 17.7 Å². The summed E-state index contributed by atoms with van der Waals surface area (Å²) in [7, 11) is 1.75. The number of likely N-dealkylation sites (N-methyl/N-ethyl adjacent to an activating group) is 1. The quantitative estimate of drug-likeness (QED) is 0.562. The summed E-state index contributed by atoms with van der Waals surface area (Å²) in [6.07, 6.45) is -3.78. The average Bonchev–Trinajstić information content (AvgIpc) is 2.98. The van der Waals surface area contributed by atoms with E-state index >= 15 is 0 Å². The zero-order valence-electron chi connectivity index (χ0n) is 17.4. The Morgan fingerprint density at radius 1 is 1.10 bits per heavy atom. The van der Waals surface area contributed by atoms with Gasteiger partial charge in [0, 0.05) is 42.4 Å². The molecule has 3 rings (SSSR count). The van der Waals surface area contributed by atoms with Crippen LogP contribution in [0.1, 0.15) is 32.9 Å². The standard InChI is InChI=1S/C23H23F3N2O3/c1-14-11-16(9-10-27(3)18-6-4-5-17(12-18)23(24,25)26)15(2)28(14)19-7-8-20(22(30)31)21(29)13-19/h4-8,11-13,29H,9-10H2,1-3H3,(H,30,31). The van der Waals surface area contributed by atoms with Crippen LogP contribution in [0.3, 0.4) is 0 Å². The monoisotopic (exact) mass is 432 g/mol. The highest BCUT2D eigenvalue weighted by atomic mass is 19.4. The molecule has 0 bridgehead atoms. The van der Waals surface area contributed by atoms with Gasteiger partial charge in [-0.15, -0.1) is 0 Å². The van der Waals surface area contributed by atoms with E-state index in [9.17, 15) is 23.1 Å². The van der Waals surface area contributed by atoms with Crippen molar-refractivity contribution in [2.75, 3.05) is 18.5 Å². The Morgan fingerprint density at radius 3 is 2.42 bits per heavy atom. The number of alkyl halides is 3. The van der Waals surface area contributed by atoms with Crippen molar-refractivity contribution in [1.82, 2.24) is 4.57 Å². The van der Waals surface area contributed by atoms with E-state index in [4.69, 9.17) is 5.11 Å².